The fraction of sp³-hybridized carbons (Fsp3) is 0. The van der Waals surface area contributed by atoms with Crippen molar-refractivity contribution < 1.29 is 12.3 Å². The second-order valence-corrected chi connectivity index (χ2v) is 2.50. The maximum absolute atomic E-state index is 11.0. The van der Waals surface area contributed by atoms with E-state index in [9.17, 15) is 12.3 Å². The Morgan fingerprint density at radius 1 is 1.29 bits per heavy atom. The molecule has 0 aromatic rings. The lowest BCUT2D eigenvalue weighted by atomic mass is 11.3. The van der Waals surface area contributed by atoms with E-state index in [-0.39, 0.29) is 5.70 Å². The molecule has 0 radical (unpaired) electrons. The number of halogens is 4. The summed E-state index contributed by atoms with van der Waals surface area (Å²) >= 11 is 4.62. The first-order chi connectivity index (χ1) is 3.06. The third kappa shape index (κ3) is 6.04. The minimum atomic E-state index is -5.47. The van der Waals surface area contributed by atoms with Crippen LogP contribution in [-0.4, -0.2) is 9.08 Å². The second kappa shape index (κ2) is 2.37. The van der Waals surface area contributed by atoms with Crippen molar-refractivity contribution in [2.24, 2.45) is 0 Å². The quantitative estimate of drug-likeness (QED) is 0.393. The molecule has 0 bridgehead atoms. The van der Waals surface area contributed by atoms with Crippen LogP contribution in [0.3, 0.4) is 0 Å². The normalized spacial score (nSPS) is 13.1. The molecule has 5 heteroatoms. The van der Waals surface area contributed by atoms with E-state index in [1.165, 1.54) is 0 Å². The lowest BCUT2D eigenvalue weighted by molar-refractivity contribution is 0.499. The Kier molecular flexibility index (Phi) is 2.38. The van der Waals surface area contributed by atoms with E-state index in [2.05, 4.69) is 11.6 Å². The van der Waals surface area contributed by atoms with E-state index < -0.39 is 9.08 Å². The molecule has 0 rings (SSSR count). The average Bonchev–Trinajstić information content (AvgIpc) is 1.30. The van der Waals surface area contributed by atoms with Gasteiger partial charge in [0.1, 0.15) is 0 Å². The first-order valence-corrected chi connectivity index (χ1v) is 3.55. The van der Waals surface area contributed by atoms with Crippen molar-refractivity contribution in [3.63, 3.8) is 0 Å². The summed E-state index contributed by atoms with van der Waals surface area (Å²) in [5.41, 5.74) is 0.584. The fourth-order valence-electron chi connectivity index (χ4n) is 0.0714. The summed E-state index contributed by atoms with van der Waals surface area (Å²) in [4.78, 5) is 0. The highest BCUT2D eigenvalue weighted by molar-refractivity contribution is 6.65. The standard InChI is InChI=1S/C2H2ClF3Si/c3-1-2-7(4,5)6/h1-2H. The second-order valence-electron chi connectivity index (χ2n) is 0.834. The monoisotopic (exact) mass is 146 g/mol. The van der Waals surface area contributed by atoms with Crippen molar-refractivity contribution in [3.05, 3.63) is 11.2 Å². The van der Waals surface area contributed by atoms with Gasteiger partial charge >= 0.3 is 9.08 Å². The molecule has 0 aliphatic rings. The van der Waals surface area contributed by atoms with Gasteiger partial charge in [0.05, 0.1) is 0 Å². The third-order valence-electron chi connectivity index (χ3n) is 0.252. The third-order valence-corrected chi connectivity index (χ3v) is 1.13. The van der Waals surface area contributed by atoms with E-state index in [0.29, 0.717) is 5.54 Å². The minimum absolute atomic E-state index is 0.0918. The van der Waals surface area contributed by atoms with Gasteiger partial charge in [-0.3, -0.25) is 0 Å². The Labute approximate surface area is 45.1 Å². The van der Waals surface area contributed by atoms with Crippen LogP contribution in [-0.2, 0) is 0 Å². The van der Waals surface area contributed by atoms with Gasteiger partial charge in [-0.2, -0.15) is 0 Å². The van der Waals surface area contributed by atoms with Gasteiger partial charge in [0.2, 0.25) is 0 Å². The Morgan fingerprint density at radius 3 is 1.71 bits per heavy atom. The van der Waals surface area contributed by atoms with Crippen molar-refractivity contribution in [3.8, 4) is 0 Å². The van der Waals surface area contributed by atoms with Gasteiger partial charge < -0.3 is 0 Å². The summed E-state index contributed by atoms with van der Waals surface area (Å²) in [5.74, 6) is 0. The van der Waals surface area contributed by atoms with Crippen LogP contribution in [0.4, 0.5) is 12.3 Å². The molecule has 0 saturated heterocycles. The molecule has 7 heavy (non-hydrogen) atoms. The summed E-state index contributed by atoms with van der Waals surface area (Å²) in [5, 5.41) is 0. The molecular weight excluding hydrogens is 145 g/mol. The van der Waals surface area contributed by atoms with Gasteiger partial charge in [-0.05, 0) is 0 Å². The minimum Gasteiger partial charge on any atom is -0.234 e. The Morgan fingerprint density at radius 2 is 1.71 bits per heavy atom. The molecule has 0 saturated carbocycles. The largest absolute Gasteiger partial charge is 0.646 e. The van der Waals surface area contributed by atoms with E-state index in [1.807, 2.05) is 0 Å². The van der Waals surface area contributed by atoms with Crippen LogP contribution in [0.1, 0.15) is 0 Å². The molecule has 0 fully saturated rings. The van der Waals surface area contributed by atoms with E-state index in [4.69, 9.17) is 0 Å². The Hall–Kier alpha value is 0.0369. The summed E-state index contributed by atoms with van der Waals surface area (Å²) in [6, 6.07) is 0. The van der Waals surface area contributed by atoms with Crippen LogP contribution < -0.4 is 0 Å². The predicted octanol–water partition coefficient (Wildman–Crippen LogP) is 2.13. The summed E-state index contributed by atoms with van der Waals surface area (Å²) in [6.45, 7) is 0. The molecule has 0 nitrogen and oxygen atoms in total. The highest BCUT2D eigenvalue weighted by atomic mass is 35.5. The van der Waals surface area contributed by atoms with Crippen LogP contribution in [0, 0.1) is 0 Å². The fourth-order valence-corrected chi connectivity index (χ4v) is 0.643. The van der Waals surface area contributed by atoms with Crippen LogP contribution in [0.2, 0.25) is 0 Å². The summed E-state index contributed by atoms with van der Waals surface area (Å²) < 4.78 is 33.1. The SMILES string of the molecule is F[Si](F)(F)C=CCl. The maximum atomic E-state index is 11.0. The molecule has 0 spiro atoms. The summed E-state index contributed by atoms with van der Waals surface area (Å²) in [7, 11) is -5.47. The maximum Gasteiger partial charge on any atom is 0.646 e. The average molecular weight is 147 g/mol. The lowest BCUT2D eigenvalue weighted by Crippen LogP contribution is -2.08. The predicted molar refractivity (Wildman–Crippen MR) is 24.1 cm³/mol. The number of hydrogen-bond acceptors (Lipinski definition) is 0. The summed E-state index contributed by atoms with van der Waals surface area (Å²) in [6.07, 6.45) is 0. The highest BCUT2D eigenvalue weighted by Gasteiger charge is 2.32. The number of hydrogen-bond donors (Lipinski definition) is 0. The van der Waals surface area contributed by atoms with Crippen LogP contribution >= 0.6 is 11.6 Å². The van der Waals surface area contributed by atoms with Crippen molar-refractivity contribution in [2.45, 2.75) is 0 Å². The zero-order valence-electron chi connectivity index (χ0n) is 3.17. The van der Waals surface area contributed by atoms with Crippen molar-refractivity contribution >= 4 is 20.7 Å². The topological polar surface area (TPSA) is 0 Å². The zero-order valence-corrected chi connectivity index (χ0v) is 4.92. The van der Waals surface area contributed by atoms with E-state index >= 15 is 0 Å². The molecule has 0 aromatic carbocycles. The molecule has 0 heterocycles. The van der Waals surface area contributed by atoms with E-state index in [1.54, 1.807) is 0 Å². The van der Waals surface area contributed by atoms with Gasteiger partial charge in [-0.1, -0.05) is 11.6 Å². The Balaban J connectivity index is 3.56. The van der Waals surface area contributed by atoms with Crippen LogP contribution in [0.15, 0.2) is 11.2 Å². The van der Waals surface area contributed by atoms with Crippen LogP contribution in [0.5, 0.6) is 0 Å². The molecule has 0 aliphatic heterocycles. The van der Waals surface area contributed by atoms with E-state index in [0.717, 1.165) is 0 Å². The molecule has 0 amide bonds. The molecule has 0 unspecified atom stereocenters. The van der Waals surface area contributed by atoms with Crippen LogP contribution in [0.25, 0.3) is 0 Å². The van der Waals surface area contributed by atoms with Gasteiger partial charge in [-0.15, -0.1) is 0 Å². The molecule has 0 aliphatic carbocycles. The molecular formula is C2H2ClF3Si. The van der Waals surface area contributed by atoms with Gasteiger partial charge in [0.15, 0.2) is 0 Å². The first-order valence-electron chi connectivity index (χ1n) is 1.41. The molecule has 0 N–H and O–H groups in total. The first kappa shape index (κ1) is 7.04. The van der Waals surface area contributed by atoms with Gasteiger partial charge in [0, 0.05) is 11.2 Å². The molecule has 0 atom stereocenters. The van der Waals surface area contributed by atoms with Crippen molar-refractivity contribution in [1.82, 2.24) is 0 Å². The Bertz CT molecular complexity index is 75.5. The molecule has 42 valence electrons. The van der Waals surface area contributed by atoms with Gasteiger partial charge in [-0.25, -0.2) is 12.3 Å². The zero-order chi connectivity index (χ0) is 5.91. The highest BCUT2D eigenvalue weighted by Crippen LogP contribution is 2.09. The lowest BCUT2D eigenvalue weighted by Gasteiger charge is -1.86. The smallest absolute Gasteiger partial charge is 0.234 e. The van der Waals surface area contributed by atoms with Gasteiger partial charge in [0.25, 0.3) is 0 Å². The molecule has 0 aromatic heterocycles. The van der Waals surface area contributed by atoms with Crippen molar-refractivity contribution in [1.29, 1.82) is 0 Å². The van der Waals surface area contributed by atoms with Crippen molar-refractivity contribution in [2.75, 3.05) is 0 Å². The number of rotatable bonds is 1.